The predicted octanol–water partition coefficient (Wildman–Crippen LogP) is 5.13. The molecule has 0 aliphatic heterocycles. The first kappa shape index (κ1) is 15.0. The van der Waals surface area contributed by atoms with Crippen LogP contribution in [0.5, 0.6) is 0 Å². The van der Waals surface area contributed by atoms with E-state index >= 15 is 0 Å². The van der Waals surface area contributed by atoms with Crippen molar-refractivity contribution in [1.82, 2.24) is 0 Å². The number of rotatable bonds is 11. The van der Waals surface area contributed by atoms with Crippen LogP contribution in [0.3, 0.4) is 0 Å². The van der Waals surface area contributed by atoms with E-state index in [1.165, 1.54) is 51.4 Å². The molecule has 100 valence electrons. The third-order valence-corrected chi connectivity index (χ3v) is 3.41. The molecule has 0 fully saturated rings. The van der Waals surface area contributed by atoms with Gasteiger partial charge in [0.25, 0.3) is 0 Å². The van der Waals surface area contributed by atoms with Crippen LogP contribution in [0.1, 0.15) is 71.1 Å². The molecule has 0 aromatic heterocycles. The van der Waals surface area contributed by atoms with E-state index in [4.69, 9.17) is 0 Å². The highest BCUT2D eigenvalue weighted by Gasteiger charge is 2.06. The zero-order valence-corrected chi connectivity index (χ0v) is 11.7. The van der Waals surface area contributed by atoms with Crippen molar-refractivity contribution in [2.24, 2.45) is 0 Å². The molecular weight excluding hydrogens is 220 g/mol. The molecule has 0 amide bonds. The van der Waals surface area contributed by atoms with E-state index in [0.29, 0.717) is 6.42 Å². The molecule has 0 N–H and O–H groups in total. The molecule has 0 saturated carbocycles. The minimum absolute atomic E-state index is 0.253. The average Bonchev–Trinajstić information content (AvgIpc) is 2.90. The number of hydrogen-bond acceptors (Lipinski definition) is 1. The van der Waals surface area contributed by atoms with E-state index in [1.807, 2.05) is 18.2 Å². The highest BCUT2D eigenvalue weighted by atomic mass is 16.1. The monoisotopic (exact) mass is 246 g/mol. The number of ketones is 1. The summed E-state index contributed by atoms with van der Waals surface area (Å²) in [5.41, 5.74) is 3.73. The van der Waals surface area contributed by atoms with Crippen LogP contribution in [0.15, 0.2) is 29.5 Å². The van der Waals surface area contributed by atoms with Crippen LogP contribution in [0.4, 0.5) is 0 Å². The van der Waals surface area contributed by atoms with Crippen molar-refractivity contribution in [3.05, 3.63) is 29.5 Å². The van der Waals surface area contributed by atoms with Crippen LogP contribution >= 0.6 is 0 Å². The van der Waals surface area contributed by atoms with Crippen molar-refractivity contribution in [3.63, 3.8) is 0 Å². The van der Waals surface area contributed by atoms with Gasteiger partial charge in [0.1, 0.15) is 0 Å². The van der Waals surface area contributed by atoms with Gasteiger partial charge in [0.15, 0.2) is 5.78 Å². The summed E-state index contributed by atoms with van der Waals surface area (Å²) in [4.78, 5) is 11.7. The lowest BCUT2D eigenvalue weighted by molar-refractivity contribution is -0.115. The molecule has 1 heteroatoms. The maximum Gasteiger partial charge on any atom is 0.170 e. The summed E-state index contributed by atoms with van der Waals surface area (Å²) in [6, 6.07) is 0. The van der Waals surface area contributed by atoms with Crippen LogP contribution in [0.25, 0.3) is 0 Å². The van der Waals surface area contributed by atoms with Crippen LogP contribution in [0, 0.1) is 0 Å². The highest BCUT2D eigenvalue weighted by Crippen LogP contribution is 2.13. The Morgan fingerprint density at radius 1 is 1.00 bits per heavy atom. The van der Waals surface area contributed by atoms with E-state index in [1.54, 1.807) is 0 Å². The van der Waals surface area contributed by atoms with Gasteiger partial charge in [-0.05, 0) is 18.6 Å². The van der Waals surface area contributed by atoms with Crippen molar-refractivity contribution in [2.45, 2.75) is 71.1 Å². The maximum absolute atomic E-state index is 11.7. The molecule has 0 heterocycles. The Morgan fingerprint density at radius 3 is 2.17 bits per heavy atom. The molecule has 18 heavy (non-hydrogen) atoms. The van der Waals surface area contributed by atoms with E-state index < -0.39 is 0 Å². The molecule has 1 aliphatic carbocycles. The Labute approximate surface area is 112 Å². The summed E-state index contributed by atoms with van der Waals surface area (Å²) in [5.74, 6) is 0.253. The van der Waals surface area contributed by atoms with Gasteiger partial charge in [-0.15, -0.1) is 5.73 Å². The lowest BCUT2D eigenvalue weighted by Crippen LogP contribution is -1.98. The number of carbonyl (C=O) groups is 1. The van der Waals surface area contributed by atoms with Gasteiger partial charge in [-0.25, -0.2) is 0 Å². The number of Topliss-reactive ketones (excluding diaryl/α,β-unsaturated/α-hetero) is 1. The largest absolute Gasteiger partial charge is 0.293 e. The predicted molar refractivity (Wildman–Crippen MR) is 77.6 cm³/mol. The first-order chi connectivity index (χ1) is 8.84. The number of allylic oxidation sites excluding steroid dienone is 3. The van der Waals surface area contributed by atoms with Crippen molar-refractivity contribution in [1.29, 1.82) is 0 Å². The van der Waals surface area contributed by atoms with E-state index in [2.05, 4.69) is 12.7 Å². The Morgan fingerprint density at radius 2 is 1.61 bits per heavy atom. The second-order valence-electron chi connectivity index (χ2n) is 5.09. The molecule has 1 nitrogen and oxygen atoms in total. The van der Waals surface area contributed by atoms with E-state index in [-0.39, 0.29) is 5.78 Å². The first-order valence-electron chi connectivity index (χ1n) is 7.51. The molecular formula is C17H26O. The molecule has 0 saturated heterocycles. The van der Waals surface area contributed by atoms with Gasteiger partial charge in [-0.3, -0.25) is 4.79 Å². The van der Waals surface area contributed by atoms with Crippen molar-refractivity contribution < 1.29 is 4.79 Å². The Kier molecular flexibility index (Phi) is 8.25. The van der Waals surface area contributed by atoms with E-state index in [9.17, 15) is 4.79 Å². The Balaban J connectivity index is 1.88. The third-order valence-electron chi connectivity index (χ3n) is 3.41. The fourth-order valence-corrected chi connectivity index (χ4v) is 2.23. The molecule has 0 radical (unpaired) electrons. The molecule has 1 rings (SSSR count). The van der Waals surface area contributed by atoms with Gasteiger partial charge in [0, 0.05) is 6.42 Å². The van der Waals surface area contributed by atoms with E-state index in [0.717, 1.165) is 12.0 Å². The molecule has 0 atom stereocenters. The maximum atomic E-state index is 11.7. The lowest BCUT2D eigenvalue weighted by atomic mass is 10.0. The fourth-order valence-electron chi connectivity index (χ4n) is 2.23. The highest BCUT2D eigenvalue weighted by molar-refractivity contribution is 5.98. The lowest BCUT2D eigenvalue weighted by Gasteiger charge is -2.01. The first-order valence-corrected chi connectivity index (χ1v) is 7.51. The Hall–Kier alpha value is -1.07. The summed E-state index contributed by atoms with van der Waals surface area (Å²) in [6.07, 6.45) is 17.9. The number of unbranched alkanes of at least 4 members (excludes halogenated alkanes) is 8. The van der Waals surface area contributed by atoms with Crippen LogP contribution in [-0.2, 0) is 4.79 Å². The zero-order chi connectivity index (χ0) is 13.1. The van der Waals surface area contributed by atoms with Gasteiger partial charge in [-0.2, -0.15) is 0 Å². The molecule has 1 aliphatic rings. The fraction of sp³-hybridized carbons (Fsp3) is 0.647. The van der Waals surface area contributed by atoms with Crippen molar-refractivity contribution in [3.8, 4) is 0 Å². The minimum Gasteiger partial charge on any atom is -0.293 e. The van der Waals surface area contributed by atoms with Gasteiger partial charge in [0.05, 0.1) is 5.57 Å². The molecule has 0 aromatic carbocycles. The van der Waals surface area contributed by atoms with Crippen molar-refractivity contribution >= 4 is 5.78 Å². The second-order valence-corrected chi connectivity index (χ2v) is 5.09. The van der Waals surface area contributed by atoms with Gasteiger partial charge in [-0.1, -0.05) is 64.4 Å². The number of hydrogen-bond donors (Lipinski definition) is 0. The third kappa shape index (κ3) is 6.61. The summed E-state index contributed by atoms with van der Waals surface area (Å²) < 4.78 is 0. The number of carbonyl (C=O) groups excluding carboxylic acids is 1. The molecule has 0 bridgehead atoms. The summed E-state index contributed by atoms with van der Waals surface area (Å²) >= 11 is 0. The summed E-state index contributed by atoms with van der Waals surface area (Å²) in [5, 5.41) is 0. The molecule has 0 aromatic rings. The van der Waals surface area contributed by atoms with Gasteiger partial charge in [0.2, 0.25) is 0 Å². The smallest absolute Gasteiger partial charge is 0.170 e. The van der Waals surface area contributed by atoms with Gasteiger partial charge < -0.3 is 0 Å². The average molecular weight is 246 g/mol. The quantitative estimate of drug-likeness (QED) is 0.365. The Bertz CT molecular complexity index is 330. The summed E-state index contributed by atoms with van der Waals surface area (Å²) in [6.45, 7) is 2.25. The normalized spacial score (nSPS) is 13.1. The van der Waals surface area contributed by atoms with Crippen LogP contribution in [0.2, 0.25) is 0 Å². The standard InChI is InChI=1S/C17H26O/c1-2-3-4-5-6-7-8-9-10-15-17(18)16-13-11-12-14-16/h11-13H,2-10,15H2,1H3. The minimum atomic E-state index is 0.253. The topological polar surface area (TPSA) is 17.1 Å². The summed E-state index contributed by atoms with van der Waals surface area (Å²) in [7, 11) is 0. The zero-order valence-electron chi connectivity index (χ0n) is 11.7. The van der Waals surface area contributed by atoms with Gasteiger partial charge >= 0.3 is 0 Å². The SMILES string of the molecule is CCCCCCCCCCCC(=O)C1=C=CC=C1. The molecule has 0 spiro atoms. The molecule has 0 unspecified atom stereocenters. The van der Waals surface area contributed by atoms with Crippen molar-refractivity contribution in [2.75, 3.05) is 0 Å². The van der Waals surface area contributed by atoms with Crippen LogP contribution in [-0.4, -0.2) is 5.78 Å². The second kappa shape index (κ2) is 9.91. The van der Waals surface area contributed by atoms with Crippen LogP contribution < -0.4 is 0 Å².